The van der Waals surface area contributed by atoms with Crippen molar-refractivity contribution in [2.75, 3.05) is 6.54 Å². The second kappa shape index (κ2) is 5.98. The van der Waals surface area contributed by atoms with Crippen LogP contribution in [-0.2, 0) is 4.65 Å². The highest BCUT2D eigenvalue weighted by Crippen LogP contribution is 2.44. The molecule has 0 aliphatic heterocycles. The summed E-state index contributed by atoms with van der Waals surface area (Å²) in [6.07, 6.45) is 4.80. The quantitative estimate of drug-likeness (QED) is 0.542. The van der Waals surface area contributed by atoms with Gasteiger partial charge >= 0.3 is 7.48 Å². The Bertz CT molecular complexity index is 440. The van der Waals surface area contributed by atoms with E-state index >= 15 is 0 Å². The van der Waals surface area contributed by atoms with Crippen molar-refractivity contribution in [2.45, 2.75) is 51.7 Å². The summed E-state index contributed by atoms with van der Waals surface area (Å²) in [6, 6.07) is 2.28. The summed E-state index contributed by atoms with van der Waals surface area (Å²) in [7, 11) is 1.48. The third-order valence-corrected chi connectivity index (χ3v) is 3.88. The normalized spacial score (nSPS) is 18.9. The third-order valence-electron chi connectivity index (χ3n) is 3.88. The molecule has 1 radical (unpaired) electrons. The number of nitrogens with two attached hydrogens (primary N) is 1. The highest BCUT2D eigenvalue weighted by Gasteiger charge is 2.42. The van der Waals surface area contributed by atoms with Crippen LogP contribution in [0.15, 0.2) is 16.7 Å². The number of nitriles is 1. The first-order valence-electron chi connectivity index (χ1n) is 6.72. The van der Waals surface area contributed by atoms with E-state index < -0.39 is 11.2 Å². The second-order valence-electron chi connectivity index (χ2n) is 6.33. The zero-order valence-electron chi connectivity index (χ0n) is 12.7. The molecule has 0 bridgehead atoms. The summed E-state index contributed by atoms with van der Waals surface area (Å²) in [5, 5.41) is 18.9. The molecule has 0 amide bonds. The molecule has 1 aliphatic carbocycles. The first kappa shape index (κ1) is 16.7. The Kier molecular flexibility index (Phi) is 5.01. The van der Waals surface area contributed by atoms with Crippen LogP contribution in [0.3, 0.4) is 0 Å². The maximum atomic E-state index is 9.99. The minimum absolute atomic E-state index is 0.260. The Morgan fingerprint density at radius 1 is 1.50 bits per heavy atom. The first-order chi connectivity index (χ1) is 9.16. The summed E-state index contributed by atoms with van der Waals surface area (Å²) < 4.78 is 5.59. The SMILES string of the molecule is CC(C)(O)C(C)(C)O[B]C(C=NCC1(C#N)CC1)=CN. The fourth-order valence-corrected chi connectivity index (χ4v) is 1.25. The molecular weight excluding hydrogens is 253 g/mol. The fraction of sp³-hybridized carbons (Fsp3) is 0.714. The van der Waals surface area contributed by atoms with Gasteiger partial charge in [-0.2, -0.15) is 5.26 Å². The third kappa shape index (κ3) is 4.36. The molecule has 1 saturated carbocycles. The second-order valence-corrected chi connectivity index (χ2v) is 6.33. The van der Waals surface area contributed by atoms with Gasteiger partial charge in [0.15, 0.2) is 0 Å². The summed E-state index contributed by atoms with van der Waals surface area (Å²) in [5.41, 5.74) is 4.13. The van der Waals surface area contributed by atoms with Crippen LogP contribution in [0, 0.1) is 16.7 Å². The van der Waals surface area contributed by atoms with Crippen molar-refractivity contribution in [3.63, 3.8) is 0 Å². The molecule has 0 spiro atoms. The average Bonchev–Trinajstić information content (AvgIpc) is 3.12. The van der Waals surface area contributed by atoms with Crippen LogP contribution in [0.1, 0.15) is 40.5 Å². The Hall–Kier alpha value is -1.32. The molecule has 3 N–H and O–H groups in total. The summed E-state index contributed by atoms with van der Waals surface area (Å²) in [6.45, 7) is 7.45. The van der Waals surface area contributed by atoms with E-state index in [2.05, 4.69) is 11.1 Å². The minimum Gasteiger partial charge on any atom is -0.427 e. The lowest BCUT2D eigenvalue weighted by Crippen LogP contribution is -2.48. The van der Waals surface area contributed by atoms with Gasteiger partial charge in [0.1, 0.15) is 0 Å². The van der Waals surface area contributed by atoms with E-state index in [1.165, 1.54) is 13.7 Å². The van der Waals surface area contributed by atoms with Gasteiger partial charge in [-0.3, -0.25) is 4.99 Å². The number of hydrogen-bond acceptors (Lipinski definition) is 5. The van der Waals surface area contributed by atoms with E-state index in [0.717, 1.165) is 12.8 Å². The highest BCUT2D eigenvalue weighted by atomic mass is 16.5. The van der Waals surface area contributed by atoms with Crippen molar-refractivity contribution in [2.24, 2.45) is 16.1 Å². The molecule has 0 saturated heterocycles. The van der Waals surface area contributed by atoms with Crippen molar-refractivity contribution in [1.82, 2.24) is 0 Å². The van der Waals surface area contributed by atoms with Gasteiger partial charge in [-0.05, 0) is 52.2 Å². The van der Waals surface area contributed by atoms with Crippen LogP contribution >= 0.6 is 0 Å². The van der Waals surface area contributed by atoms with Crippen LogP contribution in [0.4, 0.5) is 0 Å². The fourth-order valence-electron chi connectivity index (χ4n) is 1.25. The zero-order valence-corrected chi connectivity index (χ0v) is 12.7. The molecule has 1 rings (SSSR count). The summed E-state index contributed by atoms with van der Waals surface area (Å²) >= 11 is 0. The maximum Gasteiger partial charge on any atom is 0.333 e. The van der Waals surface area contributed by atoms with Gasteiger partial charge in [-0.25, -0.2) is 0 Å². The molecule has 0 unspecified atom stereocenters. The lowest BCUT2D eigenvalue weighted by Gasteiger charge is -2.37. The molecule has 0 aromatic carbocycles. The molecule has 1 aliphatic rings. The molecule has 109 valence electrons. The van der Waals surface area contributed by atoms with Gasteiger partial charge in [0, 0.05) is 6.21 Å². The van der Waals surface area contributed by atoms with Crippen LogP contribution < -0.4 is 5.73 Å². The van der Waals surface area contributed by atoms with Crippen molar-refractivity contribution in [3.8, 4) is 6.07 Å². The molecule has 0 aromatic heterocycles. The van der Waals surface area contributed by atoms with E-state index in [1.54, 1.807) is 33.9 Å². The number of nitrogens with zero attached hydrogens (tertiary/aromatic N) is 2. The predicted octanol–water partition coefficient (Wildman–Crippen LogP) is 1.35. The number of allylic oxidation sites excluding steroid dienone is 1. The minimum atomic E-state index is -0.987. The monoisotopic (exact) mass is 276 g/mol. The topological polar surface area (TPSA) is 91.6 Å². The van der Waals surface area contributed by atoms with E-state index in [-0.39, 0.29) is 5.41 Å². The van der Waals surface area contributed by atoms with Crippen molar-refractivity contribution in [3.05, 3.63) is 11.7 Å². The van der Waals surface area contributed by atoms with Gasteiger partial charge in [-0.15, -0.1) is 0 Å². The van der Waals surface area contributed by atoms with Crippen LogP contribution in [0.2, 0.25) is 0 Å². The lowest BCUT2D eigenvalue weighted by molar-refractivity contribution is -0.0895. The summed E-state index contributed by atoms with van der Waals surface area (Å²) in [5.74, 6) is 0. The first-order valence-corrected chi connectivity index (χ1v) is 6.72. The van der Waals surface area contributed by atoms with E-state index in [0.29, 0.717) is 12.0 Å². The Labute approximate surface area is 121 Å². The number of aliphatic imine (C=N–C) groups is 1. The highest BCUT2D eigenvalue weighted by molar-refractivity contribution is 6.46. The van der Waals surface area contributed by atoms with Crippen molar-refractivity contribution < 1.29 is 9.76 Å². The smallest absolute Gasteiger partial charge is 0.333 e. The number of rotatable bonds is 7. The van der Waals surface area contributed by atoms with E-state index in [4.69, 9.17) is 15.6 Å². The van der Waals surface area contributed by atoms with Crippen LogP contribution in [0.25, 0.3) is 0 Å². The van der Waals surface area contributed by atoms with Gasteiger partial charge in [0.25, 0.3) is 0 Å². The van der Waals surface area contributed by atoms with E-state index in [1.807, 2.05) is 0 Å². The number of aliphatic hydroxyl groups is 1. The number of hydrogen-bond donors (Lipinski definition) is 2. The average molecular weight is 276 g/mol. The molecule has 20 heavy (non-hydrogen) atoms. The Morgan fingerprint density at radius 2 is 2.10 bits per heavy atom. The Balaban J connectivity index is 2.49. The van der Waals surface area contributed by atoms with E-state index in [9.17, 15) is 5.11 Å². The molecule has 1 fully saturated rings. The maximum absolute atomic E-state index is 9.99. The molecule has 5 nitrogen and oxygen atoms in total. The Morgan fingerprint density at radius 3 is 2.50 bits per heavy atom. The zero-order chi connectivity index (χ0) is 15.4. The molecule has 0 atom stereocenters. The van der Waals surface area contributed by atoms with Crippen molar-refractivity contribution in [1.29, 1.82) is 5.26 Å². The van der Waals surface area contributed by atoms with Crippen LogP contribution in [0.5, 0.6) is 0 Å². The molecule has 6 heteroatoms. The lowest BCUT2D eigenvalue weighted by atomic mass is 9.83. The van der Waals surface area contributed by atoms with Gasteiger partial charge in [0.2, 0.25) is 0 Å². The van der Waals surface area contributed by atoms with Crippen LogP contribution in [-0.4, -0.2) is 36.6 Å². The van der Waals surface area contributed by atoms with Gasteiger partial charge in [0.05, 0.1) is 29.2 Å². The summed E-state index contributed by atoms with van der Waals surface area (Å²) in [4.78, 5) is 4.24. The van der Waals surface area contributed by atoms with Gasteiger partial charge < -0.3 is 15.5 Å². The standard InChI is InChI=1S/C14H23BN3O2/c1-12(2,19)13(3,4)20-15-11(7-16)8-18-10-14(9-17)5-6-14/h7-8,19H,5-6,10,16H2,1-4H3. The predicted molar refractivity (Wildman–Crippen MR) is 80.1 cm³/mol. The molecular formula is C14H23BN3O2. The molecule has 0 heterocycles. The molecule has 0 aromatic rings. The van der Waals surface area contributed by atoms with Crippen molar-refractivity contribution >= 4 is 13.7 Å². The largest absolute Gasteiger partial charge is 0.427 e. The van der Waals surface area contributed by atoms with Gasteiger partial charge in [-0.1, -0.05) is 0 Å².